The van der Waals surface area contributed by atoms with E-state index < -0.39 is 17.4 Å². The molecule has 134 valence electrons. The van der Waals surface area contributed by atoms with E-state index in [2.05, 4.69) is 5.92 Å². The number of aliphatic carboxylic acids is 1. The lowest BCUT2D eigenvalue weighted by Gasteiger charge is -2.39. The molecule has 1 saturated heterocycles. The fraction of sp³-hybridized carbons (Fsp3) is 0.722. The number of piperidine rings is 1. The van der Waals surface area contributed by atoms with Crippen LogP contribution >= 0.6 is 0 Å². The first-order chi connectivity index (χ1) is 11.9. The van der Waals surface area contributed by atoms with E-state index >= 15 is 0 Å². The Hall–Kier alpha value is -2.03. The first-order valence-corrected chi connectivity index (χ1v) is 8.30. The molecule has 1 amide bonds. The molecule has 0 bridgehead atoms. The van der Waals surface area contributed by atoms with Crippen LogP contribution in [0.3, 0.4) is 0 Å². The Labute approximate surface area is 144 Å². The molecule has 24 heavy (non-hydrogen) atoms. The molecule has 0 aliphatic carbocycles. The summed E-state index contributed by atoms with van der Waals surface area (Å²) in [5.41, 5.74) is -0.445. The van der Waals surface area contributed by atoms with Crippen LogP contribution < -0.4 is 0 Å². The predicted octanol–water partition coefficient (Wildman–Crippen LogP) is 2.22. The Kier molecular flexibility index (Phi) is 7.60. The summed E-state index contributed by atoms with van der Waals surface area (Å²) in [5.74, 6) is 1.07. The molecule has 6 nitrogen and oxygen atoms in total. The zero-order valence-electron chi connectivity index (χ0n) is 15.1. The summed E-state index contributed by atoms with van der Waals surface area (Å²) in [5, 5.41) is 8.56. The third-order valence-electron chi connectivity index (χ3n) is 4.22. The van der Waals surface area contributed by atoms with Crippen molar-refractivity contribution in [2.75, 3.05) is 19.7 Å². The van der Waals surface area contributed by atoms with Gasteiger partial charge in [-0.2, -0.15) is 0 Å². The van der Waals surface area contributed by atoms with Gasteiger partial charge in [-0.05, 0) is 25.7 Å². The highest BCUT2D eigenvalue weighted by Crippen LogP contribution is 2.31. The fourth-order valence-electron chi connectivity index (χ4n) is 2.55. The molecule has 0 spiro atoms. The van der Waals surface area contributed by atoms with Crippen LogP contribution in [0.2, 0.25) is 0 Å². The summed E-state index contributed by atoms with van der Waals surface area (Å²) >= 11 is 0. The van der Waals surface area contributed by atoms with Gasteiger partial charge >= 0.3 is 11.9 Å². The van der Waals surface area contributed by atoms with Crippen LogP contribution in [0.5, 0.6) is 0 Å². The maximum atomic E-state index is 12.2. The second-order valence-electron chi connectivity index (χ2n) is 6.35. The van der Waals surface area contributed by atoms with Crippen LogP contribution in [-0.4, -0.2) is 47.5 Å². The summed E-state index contributed by atoms with van der Waals surface area (Å²) in [6, 6.07) is 0. The zero-order chi connectivity index (χ0) is 18.7. The molecule has 1 rings (SSSR count). The quantitative estimate of drug-likeness (QED) is 0.395. The standard InChI is InChI=1S/C18H27NO5/c1-3-4-5-6-7-15(20)19-12-10-18(2,11-13-19)14-24-17(23)9-8-16(21)22/h1H,4-14H2,2H3,(H,21,22)/i2T. The number of carbonyl (C=O) groups is 3. The number of hydrogen-bond acceptors (Lipinski definition) is 4. The molecule has 1 heterocycles. The lowest BCUT2D eigenvalue weighted by molar-refractivity contribution is -0.151. The van der Waals surface area contributed by atoms with Crippen molar-refractivity contribution in [3.63, 3.8) is 0 Å². The monoisotopic (exact) mass is 339 g/mol. The van der Waals surface area contributed by atoms with Gasteiger partial charge in [0, 0.05) is 32.7 Å². The van der Waals surface area contributed by atoms with E-state index in [1.807, 2.05) is 0 Å². The minimum Gasteiger partial charge on any atom is -0.481 e. The Morgan fingerprint density at radius 3 is 2.54 bits per heavy atom. The zero-order valence-corrected chi connectivity index (χ0v) is 14.1. The average molecular weight is 339 g/mol. The van der Waals surface area contributed by atoms with E-state index in [4.69, 9.17) is 17.6 Å². The maximum absolute atomic E-state index is 12.2. The number of rotatable bonds is 9. The van der Waals surface area contributed by atoms with E-state index in [1.165, 1.54) is 0 Å². The van der Waals surface area contributed by atoms with Gasteiger partial charge in [-0.25, -0.2) is 0 Å². The summed E-state index contributed by atoms with van der Waals surface area (Å²) in [4.78, 5) is 36.0. The fourth-order valence-corrected chi connectivity index (χ4v) is 2.55. The lowest BCUT2D eigenvalue weighted by atomic mass is 9.81. The molecular weight excluding hydrogens is 310 g/mol. The van der Waals surface area contributed by atoms with Gasteiger partial charge in [0.05, 0.1) is 19.4 Å². The van der Waals surface area contributed by atoms with E-state index in [0.717, 1.165) is 12.8 Å². The minimum absolute atomic E-state index is 0.106. The van der Waals surface area contributed by atoms with Gasteiger partial charge < -0.3 is 14.7 Å². The summed E-state index contributed by atoms with van der Waals surface area (Å²) in [7, 11) is 0. The van der Waals surface area contributed by atoms with Crippen LogP contribution in [0.1, 0.15) is 59.6 Å². The Bertz CT molecular complexity index is 506. The van der Waals surface area contributed by atoms with Crippen molar-refractivity contribution in [3.8, 4) is 12.3 Å². The number of amides is 1. The van der Waals surface area contributed by atoms with Crippen LogP contribution in [0.25, 0.3) is 0 Å². The highest BCUT2D eigenvalue weighted by Gasteiger charge is 2.32. The number of unbranched alkanes of at least 4 members (excludes halogenated alkanes) is 2. The van der Waals surface area contributed by atoms with E-state index in [-0.39, 0.29) is 32.3 Å². The molecule has 1 aliphatic heterocycles. The molecular formula is C18H27NO5. The topological polar surface area (TPSA) is 83.9 Å². The average Bonchev–Trinajstić information content (AvgIpc) is 2.62. The first kappa shape index (κ1) is 18.3. The number of likely N-dealkylation sites (tertiary alicyclic amines) is 1. The number of terminal acetylenes is 1. The molecule has 1 aliphatic rings. The highest BCUT2D eigenvalue weighted by atomic mass is 16.5. The van der Waals surface area contributed by atoms with E-state index in [0.29, 0.717) is 38.8 Å². The smallest absolute Gasteiger partial charge is 0.306 e. The molecule has 0 aromatic heterocycles. The number of carboxylic acid groups (broad SMARTS) is 1. The number of carboxylic acids is 1. The molecule has 0 aromatic rings. The van der Waals surface area contributed by atoms with Crippen molar-refractivity contribution in [1.29, 1.82) is 0 Å². The van der Waals surface area contributed by atoms with Crippen LogP contribution in [-0.2, 0) is 19.1 Å². The van der Waals surface area contributed by atoms with Crippen molar-refractivity contribution >= 4 is 17.8 Å². The second-order valence-corrected chi connectivity index (χ2v) is 6.35. The van der Waals surface area contributed by atoms with Gasteiger partial charge in [0.15, 0.2) is 0 Å². The van der Waals surface area contributed by atoms with Gasteiger partial charge in [0.1, 0.15) is 0 Å². The Balaban J connectivity index is 2.37. The SMILES string of the molecule is [3H]CC1(COC(=O)CCC(=O)O)CCN(C(=O)CCCCC#C)CC1. The maximum Gasteiger partial charge on any atom is 0.306 e. The van der Waals surface area contributed by atoms with Crippen molar-refractivity contribution in [3.05, 3.63) is 0 Å². The van der Waals surface area contributed by atoms with Crippen molar-refractivity contribution < 1.29 is 25.6 Å². The Morgan fingerprint density at radius 1 is 1.25 bits per heavy atom. The summed E-state index contributed by atoms with van der Waals surface area (Å²) in [6.07, 6.45) is 8.79. The van der Waals surface area contributed by atoms with Gasteiger partial charge in [-0.15, -0.1) is 12.3 Å². The number of nitrogens with zero attached hydrogens (tertiary/aromatic N) is 1. The highest BCUT2D eigenvalue weighted by molar-refractivity contribution is 5.77. The first-order valence-electron chi connectivity index (χ1n) is 9.01. The second kappa shape index (κ2) is 9.96. The summed E-state index contributed by atoms with van der Waals surface area (Å²) < 4.78 is 13.0. The lowest BCUT2D eigenvalue weighted by Crippen LogP contribution is -2.44. The number of ether oxygens (including phenoxy) is 1. The van der Waals surface area contributed by atoms with Crippen molar-refractivity contribution in [1.82, 2.24) is 4.90 Å². The number of carbonyl (C=O) groups excluding carboxylic acids is 2. The Morgan fingerprint density at radius 2 is 1.96 bits per heavy atom. The van der Waals surface area contributed by atoms with Crippen molar-refractivity contribution in [2.45, 2.75) is 58.3 Å². The molecule has 0 unspecified atom stereocenters. The van der Waals surface area contributed by atoms with E-state index in [9.17, 15) is 14.4 Å². The number of esters is 1. The third-order valence-corrected chi connectivity index (χ3v) is 4.22. The van der Waals surface area contributed by atoms with E-state index in [1.54, 1.807) is 4.90 Å². The molecule has 0 saturated carbocycles. The number of hydrogen-bond donors (Lipinski definition) is 1. The molecule has 0 atom stereocenters. The molecule has 0 radical (unpaired) electrons. The van der Waals surface area contributed by atoms with Gasteiger partial charge in [0.25, 0.3) is 0 Å². The van der Waals surface area contributed by atoms with Gasteiger partial charge in [-0.1, -0.05) is 6.90 Å². The van der Waals surface area contributed by atoms with Crippen molar-refractivity contribution in [2.24, 2.45) is 5.41 Å². The summed E-state index contributed by atoms with van der Waals surface area (Å²) in [6.45, 7) is 1.33. The van der Waals surface area contributed by atoms with Gasteiger partial charge in [0.2, 0.25) is 5.91 Å². The van der Waals surface area contributed by atoms with Crippen LogP contribution in [0, 0.1) is 17.8 Å². The minimum atomic E-state index is -1.04. The molecule has 1 N–H and O–H groups in total. The molecule has 1 fully saturated rings. The third kappa shape index (κ3) is 7.49. The van der Waals surface area contributed by atoms with Crippen LogP contribution in [0.15, 0.2) is 0 Å². The van der Waals surface area contributed by atoms with Crippen LogP contribution in [0.4, 0.5) is 0 Å². The normalized spacial score (nSPS) is 16.8. The van der Waals surface area contributed by atoms with Gasteiger partial charge in [-0.3, -0.25) is 14.4 Å². The molecule has 0 aromatic carbocycles. The largest absolute Gasteiger partial charge is 0.481 e. The predicted molar refractivity (Wildman–Crippen MR) is 89.1 cm³/mol. The molecule has 6 heteroatoms.